The molecule has 148 valence electrons. The lowest BCUT2D eigenvalue weighted by Gasteiger charge is -2.41. The van der Waals surface area contributed by atoms with Crippen LogP contribution in [0.1, 0.15) is 37.2 Å². The van der Waals surface area contributed by atoms with Crippen LogP contribution in [0.15, 0.2) is 51.0 Å². The van der Waals surface area contributed by atoms with Crippen molar-refractivity contribution < 1.29 is 28.7 Å². The van der Waals surface area contributed by atoms with Crippen LogP contribution in [0.5, 0.6) is 0 Å². The molecule has 4 aliphatic rings. The monoisotopic (exact) mass is 393 g/mol. The average Bonchev–Trinajstić information content (AvgIpc) is 3.29. The zero-order chi connectivity index (χ0) is 20.4. The first kappa shape index (κ1) is 18.0. The van der Waals surface area contributed by atoms with E-state index in [2.05, 4.69) is 5.32 Å². The quantitative estimate of drug-likeness (QED) is 0.447. The Balaban J connectivity index is 1.70. The number of carbonyl (C=O) groups excluding carboxylic acids is 4. The minimum Gasteiger partial charge on any atom is -0.463 e. The average molecular weight is 393 g/mol. The molecule has 4 atom stereocenters. The minimum atomic E-state index is -0.602. The number of imide groups is 1. The fourth-order valence-corrected chi connectivity index (χ4v) is 5.25. The third-order valence-corrected chi connectivity index (χ3v) is 6.53. The molecule has 3 aliphatic carbocycles. The molecule has 0 bridgehead atoms. The molecule has 1 aromatic heterocycles. The van der Waals surface area contributed by atoms with Gasteiger partial charge in [-0.2, -0.15) is 0 Å². The highest BCUT2D eigenvalue weighted by Gasteiger charge is 2.53. The van der Waals surface area contributed by atoms with Crippen molar-refractivity contribution in [1.82, 2.24) is 5.32 Å². The maximum absolute atomic E-state index is 12.9. The van der Waals surface area contributed by atoms with Gasteiger partial charge < -0.3 is 9.52 Å². The van der Waals surface area contributed by atoms with Crippen molar-refractivity contribution in [3.63, 3.8) is 0 Å². The third kappa shape index (κ3) is 2.47. The molecule has 1 fully saturated rings. The van der Waals surface area contributed by atoms with E-state index in [0.717, 1.165) is 5.57 Å². The molecule has 1 saturated heterocycles. The molecule has 5 rings (SSSR count). The van der Waals surface area contributed by atoms with Gasteiger partial charge in [-0.3, -0.25) is 24.5 Å². The summed E-state index contributed by atoms with van der Waals surface area (Å²) in [6.07, 6.45) is 3.92. The number of rotatable bonds is 2. The molecule has 0 radical (unpaired) electrons. The van der Waals surface area contributed by atoms with Crippen molar-refractivity contribution in [3.8, 4) is 0 Å². The van der Waals surface area contributed by atoms with Gasteiger partial charge in [0.1, 0.15) is 18.1 Å². The van der Waals surface area contributed by atoms with E-state index in [0.29, 0.717) is 34.7 Å². The van der Waals surface area contributed by atoms with Crippen LogP contribution in [-0.4, -0.2) is 28.5 Å². The van der Waals surface area contributed by atoms with Gasteiger partial charge in [0.15, 0.2) is 11.6 Å². The number of nitrogens with one attached hydrogen (secondary N) is 1. The molecule has 2 N–H and O–H groups in total. The van der Waals surface area contributed by atoms with Crippen molar-refractivity contribution in [2.24, 2.45) is 17.8 Å². The number of furan rings is 1. The summed E-state index contributed by atoms with van der Waals surface area (Å²) in [5, 5.41) is 11.8. The Kier molecular flexibility index (Phi) is 3.86. The number of carbonyl (C=O) groups is 4. The second kappa shape index (κ2) is 6.22. The minimum absolute atomic E-state index is 0.204. The van der Waals surface area contributed by atoms with E-state index < -0.39 is 17.8 Å². The second-order valence-corrected chi connectivity index (χ2v) is 8.04. The van der Waals surface area contributed by atoms with Gasteiger partial charge in [-0.05, 0) is 43.9 Å². The number of hydrogen-bond acceptors (Lipinski definition) is 6. The summed E-state index contributed by atoms with van der Waals surface area (Å²) >= 11 is 0. The molecule has 7 nitrogen and oxygen atoms in total. The van der Waals surface area contributed by atoms with E-state index in [-0.39, 0.29) is 42.3 Å². The van der Waals surface area contributed by atoms with Crippen molar-refractivity contribution >= 4 is 23.4 Å². The Morgan fingerprint density at radius 1 is 1.14 bits per heavy atom. The number of allylic oxidation sites excluding steroid dienone is 6. The number of aliphatic hydroxyl groups excluding tert-OH is 1. The summed E-state index contributed by atoms with van der Waals surface area (Å²) < 4.78 is 5.76. The van der Waals surface area contributed by atoms with Crippen LogP contribution < -0.4 is 5.32 Å². The molecular weight excluding hydrogens is 374 g/mol. The standard InChI is InChI=1S/C22H19NO6/c1-9-6-15(25)18-14(20(9)26)7-13-11(19(18)16-5-2-10(8-24)29-16)3-4-12-17(13)22(28)23-21(12)27/h2-3,5-6,12-13,17,19,24H,4,7-8H2,1H3,(H,23,27,28). The topological polar surface area (TPSA) is 114 Å². The van der Waals surface area contributed by atoms with Crippen LogP contribution in [-0.2, 0) is 25.8 Å². The molecule has 4 unspecified atom stereocenters. The second-order valence-electron chi connectivity index (χ2n) is 8.04. The van der Waals surface area contributed by atoms with Crippen molar-refractivity contribution in [2.45, 2.75) is 32.3 Å². The number of amides is 2. The van der Waals surface area contributed by atoms with Crippen LogP contribution in [0.2, 0.25) is 0 Å². The smallest absolute Gasteiger partial charge is 0.231 e. The Hall–Kier alpha value is -3.06. The van der Waals surface area contributed by atoms with E-state index in [4.69, 9.17) is 4.42 Å². The molecule has 0 spiro atoms. The number of aliphatic hydroxyl groups is 1. The van der Waals surface area contributed by atoms with Gasteiger partial charge in [-0.15, -0.1) is 0 Å². The predicted molar refractivity (Wildman–Crippen MR) is 99.1 cm³/mol. The lowest BCUT2D eigenvalue weighted by atomic mass is 9.60. The van der Waals surface area contributed by atoms with Crippen LogP contribution in [0.25, 0.3) is 0 Å². The number of fused-ring (bicyclic) bond motifs is 3. The Morgan fingerprint density at radius 3 is 2.66 bits per heavy atom. The lowest BCUT2D eigenvalue weighted by Crippen LogP contribution is -2.39. The van der Waals surface area contributed by atoms with E-state index >= 15 is 0 Å². The highest BCUT2D eigenvalue weighted by atomic mass is 16.4. The maximum atomic E-state index is 12.9. The van der Waals surface area contributed by atoms with Crippen LogP contribution in [0.4, 0.5) is 0 Å². The SMILES string of the molecule is CC1=CC(=O)C2=C(CC3C(=CCC4C(=O)NC(=O)C43)C2c2ccc(CO)o2)C1=O. The van der Waals surface area contributed by atoms with Crippen molar-refractivity contribution in [2.75, 3.05) is 0 Å². The van der Waals surface area contributed by atoms with Crippen molar-refractivity contribution in [3.05, 3.63) is 58.1 Å². The molecule has 2 heterocycles. The first-order chi connectivity index (χ1) is 13.9. The molecule has 7 heteroatoms. The van der Waals surface area contributed by atoms with Crippen molar-refractivity contribution in [1.29, 1.82) is 0 Å². The molecule has 0 saturated carbocycles. The van der Waals surface area contributed by atoms with E-state index in [1.165, 1.54) is 6.08 Å². The highest BCUT2D eigenvalue weighted by Crippen LogP contribution is 2.54. The predicted octanol–water partition coefficient (Wildman–Crippen LogP) is 1.49. The summed E-state index contributed by atoms with van der Waals surface area (Å²) in [5.41, 5.74) is 1.99. The lowest BCUT2D eigenvalue weighted by molar-refractivity contribution is -0.126. The summed E-state index contributed by atoms with van der Waals surface area (Å²) in [6, 6.07) is 3.33. The zero-order valence-corrected chi connectivity index (χ0v) is 15.7. The third-order valence-electron chi connectivity index (χ3n) is 6.53. The van der Waals surface area contributed by atoms with E-state index in [1.807, 2.05) is 6.08 Å². The Morgan fingerprint density at radius 2 is 1.93 bits per heavy atom. The summed E-state index contributed by atoms with van der Waals surface area (Å²) in [4.78, 5) is 50.6. The molecular formula is C22H19NO6. The van der Waals surface area contributed by atoms with Gasteiger partial charge in [-0.1, -0.05) is 11.6 Å². The van der Waals surface area contributed by atoms with Gasteiger partial charge in [0, 0.05) is 16.7 Å². The number of hydrogen-bond donors (Lipinski definition) is 2. The fraction of sp³-hybridized carbons (Fsp3) is 0.364. The van der Waals surface area contributed by atoms with Crippen LogP contribution in [0.3, 0.4) is 0 Å². The van der Waals surface area contributed by atoms with E-state index in [9.17, 15) is 24.3 Å². The number of Topliss-reactive ketones (excluding diaryl/α,β-unsaturated/α-hetero) is 1. The van der Waals surface area contributed by atoms with Gasteiger partial charge in [-0.25, -0.2) is 0 Å². The largest absolute Gasteiger partial charge is 0.463 e. The summed E-state index contributed by atoms with van der Waals surface area (Å²) in [5.74, 6) is -2.20. The van der Waals surface area contributed by atoms with Gasteiger partial charge >= 0.3 is 0 Å². The first-order valence-corrected chi connectivity index (χ1v) is 9.65. The molecule has 29 heavy (non-hydrogen) atoms. The molecule has 1 aromatic rings. The first-order valence-electron chi connectivity index (χ1n) is 9.65. The normalized spacial score (nSPS) is 31.1. The molecule has 0 aromatic carbocycles. The van der Waals surface area contributed by atoms with Gasteiger partial charge in [0.05, 0.1) is 17.8 Å². The van der Waals surface area contributed by atoms with Gasteiger partial charge in [0.2, 0.25) is 11.8 Å². The maximum Gasteiger partial charge on any atom is 0.231 e. The zero-order valence-electron chi connectivity index (χ0n) is 15.7. The molecule has 1 aliphatic heterocycles. The van der Waals surface area contributed by atoms with E-state index in [1.54, 1.807) is 19.1 Å². The highest BCUT2D eigenvalue weighted by molar-refractivity contribution is 6.23. The Labute approximate surface area is 166 Å². The Bertz CT molecular complexity index is 1080. The fourth-order valence-electron chi connectivity index (χ4n) is 5.25. The summed E-state index contributed by atoms with van der Waals surface area (Å²) in [7, 11) is 0. The number of ketones is 2. The van der Waals surface area contributed by atoms with Crippen LogP contribution >= 0.6 is 0 Å². The van der Waals surface area contributed by atoms with Gasteiger partial charge in [0.25, 0.3) is 0 Å². The van der Waals surface area contributed by atoms with Crippen LogP contribution in [0, 0.1) is 17.8 Å². The molecule has 2 amide bonds. The summed E-state index contributed by atoms with van der Waals surface area (Å²) in [6.45, 7) is 1.32.